The highest BCUT2D eigenvalue weighted by Gasteiger charge is 2.29. The van der Waals surface area contributed by atoms with Crippen molar-refractivity contribution in [3.63, 3.8) is 0 Å². The third-order valence-corrected chi connectivity index (χ3v) is 3.14. The number of rotatable bonds is 2. The first-order valence-electron chi connectivity index (χ1n) is 5.71. The van der Waals surface area contributed by atoms with Gasteiger partial charge in [0.15, 0.2) is 5.78 Å². The molecule has 0 amide bonds. The lowest BCUT2D eigenvalue weighted by molar-refractivity contribution is 0.0987. The first-order chi connectivity index (χ1) is 7.08. The van der Waals surface area contributed by atoms with E-state index in [0.29, 0.717) is 17.6 Å². The van der Waals surface area contributed by atoms with Crippen LogP contribution in [0.2, 0.25) is 0 Å². The van der Waals surface area contributed by atoms with Crippen molar-refractivity contribution in [2.75, 3.05) is 0 Å². The van der Waals surface area contributed by atoms with Crippen molar-refractivity contribution in [1.82, 2.24) is 0 Å². The highest BCUT2D eigenvalue weighted by Crippen LogP contribution is 2.37. The van der Waals surface area contributed by atoms with Gasteiger partial charge in [-0.05, 0) is 36.8 Å². The molecular formula is C14H18O. The van der Waals surface area contributed by atoms with Crippen molar-refractivity contribution < 1.29 is 4.79 Å². The lowest BCUT2D eigenvalue weighted by atomic mass is 9.91. The predicted molar refractivity (Wildman–Crippen MR) is 62.3 cm³/mol. The van der Waals surface area contributed by atoms with Gasteiger partial charge in [-0.1, -0.05) is 31.5 Å². The summed E-state index contributed by atoms with van der Waals surface area (Å²) >= 11 is 0. The molecule has 15 heavy (non-hydrogen) atoms. The minimum absolute atomic E-state index is 0.333. The zero-order valence-electron chi connectivity index (χ0n) is 9.71. The summed E-state index contributed by atoms with van der Waals surface area (Å²) in [4.78, 5) is 11.8. The molecule has 1 nitrogen and oxygen atoms in total. The average Bonchev–Trinajstić information content (AvgIpc) is 2.42. The number of aryl methyl sites for hydroxylation is 1. The molecule has 0 radical (unpaired) electrons. The molecule has 0 aromatic heterocycles. The number of hydrogen-bond acceptors (Lipinski definition) is 1. The highest BCUT2D eigenvalue weighted by molar-refractivity contribution is 6.01. The molecule has 0 bridgehead atoms. The van der Waals surface area contributed by atoms with Crippen LogP contribution in [0.15, 0.2) is 18.2 Å². The van der Waals surface area contributed by atoms with E-state index in [0.717, 1.165) is 18.4 Å². The smallest absolute Gasteiger partial charge is 0.163 e. The molecule has 1 unspecified atom stereocenters. The Kier molecular flexibility index (Phi) is 2.64. The number of benzene rings is 1. The molecule has 0 saturated heterocycles. The van der Waals surface area contributed by atoms with Crippen molar-refractivity contribution in [2.24, 2.45) is 5.92 Å². The number of Topliss-reactive ketones (excluding diaryl/α,β-unsaturated/α-hetero) is 1. The van der Waals surface area contributed by atoms with Crippen LogP contribution >= 0.6 is 0 Å². The first-order valence-corrected chi connectivity index (χ1v) is 5.71. The monoisotopic (exact) mass is 202 g/mol. The molecule has 1 heteroatoms. The van der Waals surface area contributed by atoms with Crippen LogP contribution in [0.3, 0.4) is 0 Å². The average molecular weight is 202 g/mol. The molecule has 1 aliphatic rings. The Balaban J connectivity index is 2.34. The third-order valence-electron chi connectivity index (χ3n) is 3.14. The fourth-order valence-electron chi connectivity index (χ4n) is 2.49. The van der Waals surface area contributed by atoms with Gasteiger partial charge in [-0.15, -0.1) is 0 Å². The molecule has 1 aromatic carbocycles. The summed E-state index contributed by atoms with van der Waals surface area (Å²) in [6, 6.07) is 6.30. The van der Waals surface area contributed by atoms with Crippen LogP contribution in [0.5, 0.6) is 0 Å². The van der Waals surface area contributed by atoms with E-state index in [2.05, 4.69) is 26.0 Å². The van der Waals surface area contributed by atoms with E-state index in [1.807, 2.05) is 13.0 Å². The topological polar surface area (TPSA) is 17.1 Å². The number of carbonyl (C=O) groups excluding carboxylic acids is 1. The summed E-state index contributed by atoms with van der Waals surface area (Å²) in [5, 5.41) is 0. The van der Waals surface area contributed by atoms with Crippen LogP contribution in [0.4, 0.5) is 0 Å². The number of ketones is 1. The van der Waals surface area contributed by atoms with Gasteiger partial charge in [-0.25, -0.2) is 0 Å². The molecule has 0 fully saturated rings. The molecule has 0 saturated carbocycles. The van der Waals surface area contributed by atoms with Gasteiger partial charge in [0.25, 0.3) is 0 Å². The lowest BCUT2D eigenvalue weighted by Gasteiger charge is -2.13. The Morgan fingerprint density at radius 2 is 2.13 bits per heavy atom. The molecule has 0 spiro atoms. The molecule has 0 aliphatic heterocycles. The van der Waals surface area contributed by atoms with E-state index in [1.165, 1.54) is 11.1 Å². The van der Waals surface area contributed by atoms with E-state index < -0.39 is 0 Å². The van der Waals surface area contributed by atoms with Gasteiger partial charge in [-0.2, -0.15) is 0 Å². The summed E-state index contributed by atoms with van der Waals surface area (Å²) in [6.07, 6.45) is 1.85. The second-order valence-electron chi connectivity index (χ2n) is 5.04. The summed E-state index contributed by atoms with van der Waals surface area (Å²) in [5.41, 5.74) is 3.44. The quantitative estimate of drug-likeness (QED) is 0.714. The van der Waals surface area contributed by atoms with E-state index in [9.17, 15) is 4.79 Å². The van der Waals surface area contributed by atoms with E-state index in [1.54, 1.807) is 0 Å². The van der Waals surface area contributed by atoms with Crippen LogP contribution in [0.1, 0.15) is 54.1 Å². The van der Waals surface area contributed by atoms with Gasteiger partial charge in [0.2, 0.25) is 0 Å². The number of fused-ring (bicyclic) bond motifs is 1. The van der Waals surface area contributed by atoms with Crippen LogP contribution in [-0.2, 0) is 0 Å². The standard InChI is InChI=1S/C14H18O/c1-9(2)6-11-8-14(15)13-7-10(3)4-5-12(11)13/h4-5,7,9,11H,6,8H2,1-3H3. The molecule has 0 N–H and O–H groups in total. The van der Waals surface area contributed by atoms with Crippen LogP contribution < -0.4 is 0 Å². The van der Waals surface area contributed by atoms with Gasteiger partial charge in [-0.3, -0.25) is 4.79 Å². The molecular weight excluding hydrogens is 184 g/mol. The Hall–Kier alpha value is -1.11. The minimum atomic E-state index is 0.333. The minimum Gasteiger partial charge on any atom is -0.294 e. The number of carbonyl (C=O) groups is 1. The van der Waals surface area contributed by atoms with Crippen molar-refractivity contribution in [3.05, 3.63) is 34.9 Å². The first kappa shape index (κ1) is 10.4. The molecule has 1 aliphatic carbocycles. The third kappa shape index (κ3) is 1.97. The maximum atomic E-state index is 11.8. The normalized spacial score (nSPS) is 19.7. The van der Waals surface area contributed by atoms with E-state index in [4.69, 9.17) is 0 Å². The summed E-state index contributed by atoms with van der Waals surface area (Å²) < 4.78 is 0. The second-order valence-corrected chi connectivity index (χ2v) is 5.04. The summed E-state index contributed by atoms with van der Waals surface area (Å²) in [6.45, 7) is 6.48. The summed E-state index contributed by atoms with van der Waals surface area (Å²) in [5.74, 6) is 1.46. The van der Waals surface area contributed by atoms with Crippen molar-refractivity contribution in [2.45, 2.75) is 39.5 Å². The van der Waals surface area contributed by atoms with Gasteiger partial charge >= 0.3 is 0 Å². The van der Waals surface area contributed by atoms with Gasteiger partial charge < -0.3 is 0 Å². The van der Waals surface area contributed by atoms with Crippen molar-refractivity contribution in [3.8, 4) is 0 Å². The Bertz CT molecular complexity index is 390. The van der Waals surface area contributed by atoms with Crippen molar-refractivity contribution >= 4 is 5.78 Å². The van der Waals surface area contributed by atoms with Gasteiger partial charge in [0.05, 0.1) is 0 Å². The van der Waals surface area contributed by atoms with Gasteiger partial charge in [0, 0.05) is 12.0 Å². The second kappa shape index (κ2) is 3.80. The van der Waals surface area contributed by atoms with E-state index in [-0.39, 0.29) is 0 Å². The zero-order chi connectivity index (χ0) is 11.0. The molecule has 80 valence electrons. The van der Waals surface area contributed by atoms with Crippen LogP contribution in [0.25, 0.3) is 0 Å². The highest BCUT2D eigenvalue weighted by atomic mass is 16.1. The maximum absolute atomic E-state index is 11.8. The molecule has 1 atom stereocenters. The Morgan fingerprint density at radius 3 is 2.80 bits per heavy atom. The molecule has 0 heterocycles. The number of hydrogen-bond donors (Lipinski definition) is 0. The predicted octanol–water partition coefficient (Wildman–Crippen LogP) is 3.71. The van der Waals surface area contributed by atoms with Crippen LogP contribution in [0, 0.1) is 12.8 Å². The SMILES string of the molecule is Cc1ccc2c(c1)C(=O)CC2CC(C)C. The fourth-order valence-corrected chi connectivity index (χ4v) is 2.49. The van der Waals surface area contributed by atoms with Gasteiger partial charge in [0.1, 0.15) is 0 Å². The van der Waals surface area contributed by atoms with Crippen LogP contribution in [-0.4, -0.2) is 5.78 Å². The van der Waals surface area contributed by atoms with E-state index >= 15 is 0 Å². The summed E-state index contributed by atoms with van der Waals surface area (Å²) in [7, 11) is 0. The maximum Gasteiger partial charge on any atom is 0.163 e. The Labute approximate surface area is 91.5 Å². The Morgan fingerprint density at radius 1 is 1.40 bits per heavy atom. The molecule has 2 rings (SSSR count). The largest absolute Gasteiger partial charge is 0.294 e. The lowest BCUT2D eigenvalue weighted by Crippen LogP contribution is -1.99. The van der Waals surface area contributed by atoms with Crippen molar-refractivity contribution in [1.29, 1.82) is 0 Å². The fraction of sp³-hybridized carbons (Fsp3) is 0.500. The zero-order valence-corrected chi connectivity index (χ0v) is 9.71. The molecule has 1 aromatic rings.